The standard InChI is InChI=1S/C42H46N8O6/c1-2-32-20-29(38-6-3-17-54-38)21-33(45-32)26-48-11-13-49(27-34-22-30(39-7-4-18-55-39)24-36(46-34)41(51)44-10-9-43)15-16-50(14-12-48)28-35-23-31(40-8-5-19-56-40)25-37(47-35)42(52)53/h3-8,17-25H,2,9-16,26-28,43H2,1H3,(H,44,51)(H,52,53). The van der Waals surface area contributed by atoms with E-state index in [0.717, 1.165) is 60.0 Å². The molecule has 0 saturated carbocycles. The summed E-state index contributed by atoms with van der Waals surface area (Å²) in [4.78, 5) is 46.6. The second-order valence-electron chi connectivity index (χ2n) is 13.8. The first-order valence-corrected chi connectivity index (χ1v) is 18.9. The third-order valence-corrected chi connectivity index (χ3v) is 9.70. The van der Waals surface area contributed by atoms with Gasteiger partial charge in [0, 0.05) is 94.4 Å². The largest absolute Gasteiger partial charge is 0.477 e. The monoisotopic (exact) mass is 758 g/mol. The molecule has 1 saturated heterocycles. The molecule has 1 amide bonds. The maximum atomic E-state index is 13.1. The number of nitrogens with zero attached hydrogens (tertiary/aromatic N) is 6. The lowest BCUT2D eigenvalue weighted by Crippen LogP contribution is -2.36. The Bertz CT molecular complexity index is 2200. The molecular weight excluding hydrogens is 713 g/mol. The molecule has 6 aromatic heterocycles. The second kappa shape index (κ2) is 18.1. The van der Waals surface area contributed by atoms with Crippen molar-refractivity contribution in [2.45, 2.75) is 33.0 Å². The zero-order valence-corrected chi connectivity index (χ0v) is 31.4. The van der Waals surface area contributed by atoms with Crippen molar-refractivity contribution in [2.24, 2.45) is 5.73 Å². The highest BCUT2D eigenvalue weighted by atomic mass is 16.4. The van der Waals surface area contributed by atoms with Crippen molar-refractivity contribution in [3.8, 4) is 34.0 Å². The van der Waals surface area contributed by atoms with E-state index in [2.05, 4.69) is 44.1 Å². The van der Waals surface area contributed by atoms with Gasteiger partial charge in [-0.05, 0) is 79.2 Å². The maximum absolute atomic E-state index is 13.1. The molecule has 7 heterocycles. The Hall–Kier alpha value is -5.93. The van der Waals surface area contributed by atoms with E-state index in [1.165, 1.54) is 6.07 Å². The van der Waals surface area contributed by atoms with E-state index in [1.54, 1.807) is 30.9 Å². The molecule has 290 valence electrons. The van der Waals surface area contributed by atoms with E-state index < -0.39 is 5.97 Å². The highest BCUT2D eigenvalue weighted by molar-refractivity contribution is 5.93. The van der Waals surface area contributed by atoms with Crippen molar-refractivity contribution in [1.82, 2.24) is 35.0 Å². The summed E-state index contributed by atoms with van der Waals surface area (Å²) >= 11 is 0. The molecule has 1 aliphatic rings. The number of carboxylic acids is 1. The predicted molar refractivity (Wildman–Crippen MR) is 209 cm³/mol. The minimum absolute atomic E-state index is 0.0375. The Morgan fingerprint density at radius 3 is 1.46 bits per heavy atom. The summed E-state index contributed by atoms with van der Waals surface area (Å²) in [6.45, 7) is 8.57. The molecule has 0 bridgehead atoms. The number of nitrogens with one attached hydrogen (secondary N) is 1. The minimum atomic E-state index is -1.10. The van der Waals surface area contributed by atoms with E-state index >= 15 is 0 Å². The summed E-state index contributed by atoms with van der Waals surface area (Å²) in [5.41, 5.74) is 11.6. The number of aromatic nitrogens is 3. The van der Waals surface area contributed by atoms with Gasteiger partial charge in [-0.25, -0.2) is 14.8 Å². The van der Waals surface area contributed by atoms with Gasteiger partial charge in [0.25, 0.3) is 5.91 Å². The fraction of sp³-hybridized carbons (Fsp3) is 0.310. The molecule has 6 aromatic rings. The molecule has 1 fully saturated rings. The Kier molecular flexibility index (Phi) is 12.4. The van der Waals surface area contributed by atoms with Gasteiger partial charge in [-0.1, -0.05) is 6.92 Å². The molecule has 56 heavy (non-hydrogen) atoms. The van der Waals surface area contributed by atoms with Crippen LogP contribution in [0.1, 0.15) is 50.7 Å². The van der Waals surface area contributed by atoms with Crippen LogP contribution in [0.5, 0.6) is 0 Å². The smallest absolute Gasteiger partial charge is 0.354 e. The number of rotatable bonds is 14. The van der Waals surface area contributed by atoms with Crippen LogP contribution in [0.3, 0.4) is 0 Å². The number of carbonyl (C=O) groups excluding carboxylic acids is 1. The van der Waals surface area contributed by atoms with Crippen LogP contribution in [0, 0.1) is 0 Å². The van der Waals surface area contributed by atoms with Crippen LogP contribution < -0.4 is 11.1 Å². The number of nitrogens with two attached hydrogens (primary N) is 1. The van der Waals surface area contributed by atoms with E-state index in [1.807, 2.05) is 42.5 Å². The van der Waals surface area contributed by atoms with Gasteiger partial charge in [-0.2, -0.15) is 0 Å². The molecule has 0 radical (unpaired) electrons. The molecule has 0 aromatic carbocycles. The van der Waals surface area contributed by atoms with Gasteiger partial charge in [0.15, 0.2) is 0 Å². The van der Waals surface area contributed by atoms with Gasteiger partial charge >= 0.3 is 5.97 Å². The highest BCUT2D eigenvalue weighted by Gasteiger charge is 2.22. The Morgan fingerprint density at radius 1 is 0.643 bits per heavy atom. The normalized spacial score (nSPS) is 14.6. The predicted octanol–water partition coefficient (Wildman–Crippen LogP) is 5.42. The van der Waals surface area contributed by atoms with Crippen LogP contribution in [0.2, 0.25) is 0 Å². The molecule has 14 nitrogen and oxygen atoms in total. The van der Waals surface area contributed by atoms with E-state index in [9.17, 15) is 14.7 Å². The lowest BCUT2D eigenvalue weighted by Gasteiger charge is -2.26. The fourth-order valence-electron chi connectivity index (χ4n) is 6.85. The van der Waals surface area contributed by atoms with Gasteiger partial charge in [0.2, 0.25) is 0 Å². The number of hydrogen-bond acceptors (Lipinski definition) is 12. The molecular formula is C42H46N8O6. The SMILES string of the molecule is CCc1cc(-c2ccco2)cc(CN2CCN(Cc3cc(-c4ccco4)cc(C(=O)O)n3)CCN(Cc3cc(-c4ccco4)cc(C(=O)NCCN)n3)CC2)n1. The lowest BCUT2D eigenvalue weighted by molar-refractivity contribution is 0.0689. The van der Waals surface area contributed by atoms with Gasteiger partial charge in [-0.3, -0.25) is 24.5 Å². The van der Waals surface area contributed by atoms with E-state index in [4.69, 9.17) is 29.0 Å². The first-order valence-electron chi connectivity index (χ1n) is 18.9. The van der Waals surface area contributed by atoms with Crippen molar-refractivity contribution in [2.75, 3.05) is 52.4 Å². The quantitative estimate of drug-likeness (QED) is 0.128. The van der Waals surface area contributed by atoms with Crippen molar-refractivity contribution < 1.29 is 27.9 Å². The zero-order chi connectivity index (χ0) is 38.9. The highest BCUT2D eigenvalue weighted by Crippen LogP contribution is 2.26. The molecule has 1 aliphatic heterocycles. The minimum Gasteiger partial charge on any atom is -0.477 e. The number of furan rings is 3. The molecule has 7 rings (SSSR count). The average molecular weight is 759 g/mol. The van der Waals surface area contributed by atoms with Crippen molar-refractivity contribution in [3.05, 3.63) is 126 Å². The van der Waals surface area contributed by atoms with Crippen LogP contribution in [0.15, 0.2) is 105 Å². The number of pyridine rings is 3. The summed E-state index contributed by atoms with van der Waals surface area (Å²) in [6, 6.07) is 22.4. The van der Waals surface area contributed by atoms with Crippen LogP contribution >= 0.6 is 0 Å². The summed E-state index contributed by atoms with van der Waals surface area (Å²) in [7, 11) is 0. The third-order valence-electron chi connectivity index (χ3n) is 9.70. The summed E-state index contributed by atoms with van der Waals surface area (Å²) in [5, 5.41) is 12.8. The van der Waals surface area contributed by atoms with Gasteiger partial charge in [0.05, 0.1) is 35.9 Å². The number of hydrogen-bond donors (Lipinski definition) is 3. The number of aryl methyl sites for hydroxylation is 1. The van der Waals surface area contributed by atoms with Crippen LogP contribution in [0.4, 0.5) is 0 Å². The third kappa shape index (κ3) is 9.83. The molecule has 0 spiro atoms. The topological polar surface area (TPSA) is 180 Å². The molecule has 14 heteroatoms. The van der Waals surface area contributed by atoms with Gasteiger partial charge < -0.3 is 29.4 Å². The first kappa shape index (κ1) is 38.3. The van der Waals surface area contributed by atoms with Crippen LogP contribution in [-0.4, -0.2) is 99.0 Å². The maximum Gasteiger partial charge on any atom is 0.354 e. The van der Waals surface area contributed by atoms with Crippen molar-refractivity contribution in [3.63, 3.8) is 0 Å². The van der Waals surface area contributed by atoms with E-state index in [-0.39, 0.29) is 11.6 Å². The average Bonchev–Trinajstić information content (AvgIpc) is 4.04. The molecule has 0 atom stereocenters. The van der Waals surface area contributed by atoms with Crippen LogP contribution in [0.25, 0.3) is 34.0 Å². The number of aromatic carboxylic acids is 1. The van der Waals surface area contributed by atoms with Crippen molar-refractivity contribution >= 4 is 11.9 Å². The zero-order valence-electron chi connectivity index (χ0n) is 31.4. The van der Waals surface area contributed by atoms with Crippen molar-refractivity contribution in [1.29, 1.82) is 0 Å². The molecule has 4 N–H and O–H groups in total. The number of carboxylic acid groups (broad SMARTS) is 1. The molecule has 0 aliphatic carbocycles. The van der Waals surface area contributed by atoms with Crippen LogP contribution in [-0.2, 0) is 26.1 Å². The Morgan fingerprint density at radius 2 is 1.05 bits per heavy atom. The number of amides is 1. The molecule has 0 unspecified atom stereocenters. The second-order valence-corrected chi connectivity index (χ2v) is 13.8. The summed E-state index contributed by atoms with van der Waals surface area (Å²) < 4.78 is 17.1. The van der Waals surface area contributed by atoms with Gasteiger partial charge in [-0.15, -0.1) is 0 Å². The lowest BCUT2D eigenvalue weighted by atomic mass is 10.1. The fourth-order valence-corrected chi connectivity index (χ4v) is 6.85. The number of carbonyl (C=O) groups is 2. The summed E-state index contributed by atoms with van der Waals surface area (Å²) in [6.07, 6.45) is 5.65. The first-order chi connectivity index (χ1) is 27.3. The summed E-state index contributed by atoms with van der Waals surface area (Å²) in [5.74, 6) is 0.624. The Balaban J connectivity index is 1.18. The van der Waals surface area contributed by atoms with Gasteiger partial charge in [0.1, 0.15) is 28.7 Å². The van der Waals surface area contributed by atoms with E-state index in [0.29, 0.717) is 80.8 Å². The Labute approximate surface area is 325 Å².